The number of amides is 1. The van der Waals surface area contributed by atoms with Gasteiger partial charge in [0.25, 0.3) is 5.91 Å². The van der Waals surface area contributed by atoms with Crippen molar-refractivity contribution in [2.75, 3.05) is 27.2 Å². The number of methoxy groups -OCH3 is 1. The van der Waals surface area contributed by atoms with Gasteiger partial charge >= 0.3 is 0 Å². The summed E-state index contributed by atoms with van der Waals surface area (Å²) < 4.78 is 5.05. The van der Waals surface area contributed by atoms with Crippen LogP contribution in [0.1, 0.15) is 23.2 Å². The van der Waals surface area contributed by atoms with E-state index in [2.05, 4.69) is 22.5 Å². The molecule has 1 aliphatic rings. The van der Waals surface area contributed by atoms with Crippen molar-refractivity contribution in [2.24, 2.45) is 5.10 Å². The number of ether oxygens (including phenoxy) is 1. The van der Waals surface area contributed by atoms with Crippen LogP contribution in [0.25, 0.3) is 0 Å². The maximum absolute atomic E-state index is 11.9. The van der Waals surface area contributed by atoms with Gasteiger partial charge in [-0.15, -0.1) is 0 Å². The lowest BCUT2D eigenvalue weighted by atomic mass is 10.1. The highest BCUT2D eigenvalue weighted by Gasteiger charge is 2.12. The third-order valence-corrected chi connectivity index (χ3v) is 3.23. The normalized spacial score (nSPS) is 16.0. The van der Waals surface area contributed by atoms with Crippen LogP contribution in [0.4, 0.5) is 0 Å². The second kappa shape index (κ2) is 6.33. The molecule has 1 aromatic rings. The number of hydrogen-bond donors (Lipinski definition) is 1. The van der Waals surface area contributed by atoms with E-state index in [9.17, 15) is 4.79 Å². The van der Waals surface area contributed by atoms with E-state index in [-0.39, 0.29) is 5.91 Å². The molecule has 0 unspecified atom stereocenters. The van der Waals surface area contributed by atoms with E-state index in [0.717, 1.165) is 37.4 Å². The van der Waals surface area contributed by atoms with Gasteiger partial charge in [0.1, 0.15) is 5.75 Å². The topological polar surface area (TPSA) is 53.9 Å². The Balaban J connectivity index is 1.91. The summed E-state index contributed by atoms with van der Waals surface area (Å²) >= 11 is 0. The van der Waals surface area contributed by atoms with Crippen LogP contribution in [-0.4, -0.2) is 43.8 Å². The molecule has 1 aromatic carbocycles. The van der Waals surface area contributed by atoms with Crippen molar-refractivity contribution >= 4 is 11.6 Å². The van der Waals surface area contributed by atoms with E-state index in [1.807, 2.05) is 0 Å². The van der Waals surface area contributed by atoms with Crippen LogP contribution in [0.5, 0.6) is 5.75 Å². The van der Waals surface area contributed by atoms with Gasteiger partial charge in [0.05, 0.1) is 7.11 Å². The predicted octanol–water partition coefficient (Wildman–Crippen LogP) is 1.51. The third kappa shape index (κ3) is 3.79. The van der Waals surface area contributed by atoms with E-state index >= 15 is 0 Å². The molecule has 0 aromatic heterocycles. The molecule has 0 bridgehead atoms. The first-order chi connectivity index (χ1) is 9.19. The predicted molar refractivity (Wildman–Crippen MR) is 74.6 cm³/mol. The van der Waals surface area contributed by atoms with Crippen LogP contribution in [0, 0.1) is 0 Å². The lowest BCUT2D eigenvalue weighted by Crippen LogP contribution is -2.32. The minimum atomic E-state index is -0.186. The lowest BCUT2D eigenvalue weighted by molar-refractivity contribution is 0.0954. The van der Waals surface area contributed by atoms with Gasteiger partial charge in [-0.05, 0) is 31.3 Å². The standard InChI is InChI=1S/C14H19N3O2/c1-17-9-7-12(8-10-17)15-16-14(18)11-3-5-13(19-2)6-4-11/h3-6H,7-10H2,1-2H3,(H,16,18). The quantitative estimate of drug-likeness (QED) is 0.839. The first-order valence-corrected chi connectivity index (χ1v) is 6.37. The summed E-state index contributed by atoms with van der Waals surface area (Å²) in [4.78, 5) is 14.1. The molecule has 1 heterocycles. The fourth-order valence-electron chi connectivity index (χ4n) is 1.93. The van der Waals surface area contributed by atoms with Gasteiger partial charge in [0.15, 0.2) is 0 Å². The summed E-state index contributed by atoms with van der Waals surface area (Å²) in [5.74, 6) is 0.548. The first-order valence-electron chi connectivity index (χ1n) is 6.37. The summed E-state index contributed by atoms with van der Waals surface area (Å²) in [5, 5.41) is 4.20. The molecule has 1 saturated heterocycles. The number of carbonyl (C=O) groups is 1. The fraction of sp³-hybridized carbons (Fsp3) is 0.429. The largest absolute Gasteiger partial charge is 0.497 e. The van der Waals surface area contributed by atoms with Gasteiger partial charge in [-0.2, -0.15) is 5.10 Å². The molecular formula is C14H19N3O2. The Hall–Kier alpha value is -1.88. The van der Waals surface area contributed by atoms with Crippen molar-refractivity contribution in [1.82, 2.24) is 10.3 Å². The fourth-order valence-corrected chi connectivity index (χ4v) is 1.93. The summed E-state index contributed by atoms with van der Waals surface area (Å²) in [7, 11) is 3.69. The summed E-state index contributed by atoms with van der Waals surface area (Å²) in [6.07, 6.45) is 1.83. The monoisotopic (exact) mass is 261 g/mol. The molecule has 0 saturated carbocycles. The van der Waals surface area contributed by atoms with Crippen LogP contribution >= 0.6 is 0 Å². The Morgan fingerprint density at radius 1 is 1.26 bits per heavy atom. The number of hydrazone groups is 1. The van der Waals surface area contributed by atoms with Crippen molar-refractivity contribution < 1.29 is 9.53 Å². The molecule has 1 aliphatic heterocycles. The van der Waals surface area contributed by atoms with Gasteiger partial charge in [0.2, 0.25) is 0 Å². The number of benzene rings is 1. The van der Waals surface area contributed by atoms with Crippen molar-refractivity contribution in [3.63, 3.8) is 0 Å². The number of piperidine rings is 1. The molecule has 19 heavy (non-hydrogen) atoms. The average Bonchev–Trinajstić information content (AvgIpc) is 2.46. The van der Waals surface area contributed by atoms with Gasteiger partial charge in [0, 0.05) is 37.2 Å². The van der Waals surface area contributed by atoms with Crippen LogP contribution < -0.4 is 10.2 Å². The Bertz CT molecular complexity index is 458. The summed E-state index contributed by atoms with van der Waals surface area (Å²) in [5.41, 5.74) is 4.25. The van der Waals surface area contributed by atoms with Crippen LogP contribution in [-0.2, 0) is 0 Å². The molecule has 2 rings (SSSR count). The van der Waals surface area contributed by atoms with Gasteiger partial charge in [-0.3, -0.25) is 4.79 Å². The van der Waals surface area contributed by atoms with E-state index in [0.29, 0.717) is 5.56 Å². The molecule has 0 radical (unpaired) electrons. The smallest absolute Gasteiger partial charge is 0.271 e. The number of rotatable bonds is 3. The maximum atomic E-state index is 11.9. The second-order valence-corrected chi connectivity index (χ2v) is 4.65. The van der Waals surface area contributed by atoms with Crippen molar-refractivity contribution in [1.29, 1.82) is 0 Å². The van der Waals surface area contributed by atoms with Gasteiger partial charge in [-0.25, -0.2) is 5.43 Å². The number of hydrogen-bond acceptors (Lipinski definition) is 4. The highest BCUT2D eigenvalue weighted by Crippen LogP contribution is 2.11. The molecule has 5 nitrogen and oxygen atoms in total. The van der Waals surface area contributed by atoms with Gasteiger partial charge in [-0.1, -0.05) is 0 Å². The van der Waals surface area contributed by atoms with E-state index in [4.69, 9.17) is 4.74 Å². The van der Waals surface area contributed by atoms with E-state index < -0.39 is 0 Å². The molecule has 102 valence electrons. The Labute approximate surface area is 113 Å². The van der Waals surface area contributed by atoms with Crippen LogP contribution in [0.3, 0.4) is 0 Å². The van der Waals surface area contributed by atoms with E-state index in [1.54, 1.807) is 31.4 Å². The summed E-state index contributed by atoms with van der Waals surface area (Å²) in [6, 6.07) is 6.97. The minimum absolute atomic E-state index is 0.186. The molecule has 1 amide bonds. The van der Waals surface area contributed by atoms with Crippen molar-refractivity contribution in [3.05, 3.63) is 29.8 Å². The van der Waals surface area contributed by atoms with Crippen LogP contribution in [0.2, 0.25) is 0 Å². The zero-order valence-corrected chi connectivity index (χ0v) is 11.3. The Morgan fingerprint density at radius 2 is 1.89 bits per heavy atom. The second-order valence-electron chi connectivity index (χ2n) is 4.65. The lowest BCUT2D eigenvalue weighted by Gasteiger charge is -2.22. The molecule has 0 atom stereocenters. The van der Waals surface area contributed by atoms with Gasteiger partial charge < -0.3 is 9.64 Å². The first kappa shape index (κ1) is 13.5. The SMILES string of the molecule is COc1ccc(C(=O)NN=C2CCN(C)CC2)cc1. The molecule has 0 aliphatic carbocycles. The molecule has 0 spiro atoms. The number of nitrogens with one attached hydrogen (secondary N) is 1. The molecule has 1 N–H and O–H groups in total. The zero-order valence-electron chi connectivity index (χ0n) is 11.3. The van der Waals surface area contributed by atoms with Crippen molar-refractivity contribution in [2.45, 2.75) is 12.8 Å². The Morgan fingerprint density at radius 3 is 2.47 bits per heavy atom. The molecule has 5 heteroatoms. The number of likely N-dealkylation sites (tertiary alicyclic amines) is 1. The number of carbonyl (C=O) groups excluding carboxylic acids is 1. The highest BCUT2D eigenvalue weighted by atomic mass is 16.5. The third-order valence-electron chi connectivity index (χ3n) is 3.23. The van der Waals surface area contributed by atoms with E-state index in [1.165, 1.54) is 0 Å². The van der Waals surface area contributed by atoms with Crippen LogP contribution in [0.15, 0.2) is 29.4 Å². The minimum Gasteiger partial charge on any atom is -0.497 e. The maximum Gasteiger partial charge on any atom is 0.271 e. The average molecular weight is 261 g/mol. The highest BCUT2D eigenvalue weighted by molar-refractivity contribution is 5.95. The Kier molecular flexibility index (Phi) is 4.52. The summed E-state index contributed by atoms with van der Waals surface area (Å²) in [6.45, 7) is 1.99. The molecule has 1 fully saturated rings. The number of nitrogens with zero attached hydrogens (tertiary/aromatic N) is 2. The van der Waals surface area contributed by atoms with Crippen molar-refractivity contribution in [3.8, 4) is 5.75 Å². The molecular weight excluding hydrogens is 242 g/mol. The zero-order chi connectivity index (χ0) is 13.7.